The Kier molecular flexibility index (Phi) is 2.86. The summed E-state index contributed by atoms with van der Waals surface area (Å²) in [5.74, 6) is 0. The van der Waals surface area contributed by atoms with Crippen LogP contribution in [-0.4, -0.2) is 36.1 Å². The molecule has 0 saturated carbocycles. The number of H-pyrrole nitrogens is 2. The van der Waals surface area contributed by atoms with E-state index in [0.717, 1.165) is 10.9 Å². The monoisotopic (exact) mass is 280 g/mol. The van der Waals surface area contributed by atoms with Crippen LogP contribution in [0.25, 0.3) is 11.2 Å². The number of nitrogens with zero attached hydrogens (tertiary/aromatic N) is 2. The average molecular weight is 280 g/mol. The molecule has 2 aromatic rings. The minimum atomic E-state index is -1.63. The molecule has 2 rings (SSSR count). The summed E-state index contributed by atoms with van der Waals surface area (Å²) in [5.41, 5.74) is 2.72. The Balaban J connectivity index is 2.71. The van der Waals surface area contributed by atoms with Gasteiger partial charge in [-0.3, -0.25) is 4.79 Å². The van der Waals surface area contributed by atoms with Gasteiger partial charge in [-0.1, -0.05) is 39.3 Å². The third-order valence-electron chi connectivity index (χ3n) is 2.78. The van der Waals surface area contributed by atoms with Crippen molar-refractivity contribution >= 4 is 38.2 Å². The molecule has 0 aliphatic carbocycles. The predicted molar refractivity (Wildman–Crippen MR) is 80.5 cm³/mol. The Morgan fingerprint density at radius 3 is 1.72 bits per heavy atom. The van der Waals surface area contributed by atoms with Gasteiger partial charge in [0.05, 0.1) is 10.9 Å². The third-order valence-corrected chi connectivity index (χ3v) is 6.10. The summed E-state index contributed by atoms with van der Waals surface area (Å²) in [4.78, 5) is 27.1. The van der Waals surface area contributed by atoms with Crippen molar-refractivity contribution in [2.24, 2.45) is 0 Å². The smallest absolute Gasteiger partial charge is 0.276 e. The van der Waals surface area contributed by atoms with Crippen molar-refractivity contribution in [2.45, 2.75) is 39.3 Å². The van der Waals surface area contributed by atoms with E-state index < -0.39 is 16.1 Å². The van der Waals surface area contributed by atoms with E-state index >= 15 is 0 Å². The Morgan fingerprint density at radius 2 is 1.28 bits per heavy atom. The lowest BCUT2D eigenvalue weighted by Gasteiger charge is -2.13. The molecule has 2 N–H and O–H groups in total. The van der Waals surface area contributed by atoms with Gasteiger partial charge >= 0.3 is 0 Å². The van der Waals surface area contributed by atoms with E-state index in [-0.39, 0.29) is 5.56 Å². The maximum absolute atomic E-state index is 12.1. The molecule has 0 spiro atoms. The highest BCUT2D eigenvalue weighted by molar-refractivity contribution is 6.88. The summed E-state index contributed by atoms with van der Waals surface area (Å²) in [6, 6.07) is 0. The first-order valence-corrected chi connectivity index (χ1v) is 13.1. The van der Waals surface area contributed by atoms with Gasteiger partial charge in [0.1, 0.15) is 16.1 Å². The van der Waals surface area contributed by atoms with Crippen molar-refractivity contribution in [3.8, 4) is 0 Å². The topological polar surface area (TPSA) is 74.4 Å². The first-order chi connectivity index (χ1) is 8.09. The van der Waals surface area contributed by atoms with E-state index in [9.17, 15) is 4.79 Å². The van der Waals surface area contributed by atoms with E-state index in [2.05, 4.69) is 59.2 Å². The molecule has 0 aromatic carbocycles. The molecule has 0 unspecified atom stereocenters. The highest BCUT2D eigenvalue weighted by Crippen LogP contribution is 2.04. The minimum Gasteiger partial charge on any atom is -0.340 e. The zero-order chi connectivity index (χ0) is 13.7. The molecule has 0 bridgehead atoms. The van der Waals surface area contributed by atoms with Gasteiger partial charge in [0.15, 0.2) is 11.2 Å². The lowest BCUT2D eigenvalue weighted by molar-refractivity contribution is 1.20. The SMILES string of the molecule is C[Si](C)(C)c1nc2nc([Si](C)(C)C)[nH]c2c(=O)[nH]1. The maximum atomic E-state index is 12.1. The van der Waals surface area contributed by atoms with Gasteiger partial charge in [-0.05, 0) is 0 Å². The Labute approximate surface area is 108 Å². The van der Waals surface area contributed by atoms with Crippen molar-refractivity contribution in [2.75, 3.05) is 0 Å². The van der Waals surface area contributed by atoms with Crippen molar-refractivity contribution in [1.29, 1.82) is 0 Å². The molecular formula is C11H20N4OSi2. The lowest BCUT2D eigenvalue weighted by atomic mass is 10.5. The van der Waals surface area contributed by atoms with Gasteiger partial charge in [0.25, 0.3) is 5.56 Å². The summed E-state index contributed by atoms with van der Waals surface area (Å²) in [6.07, 6.45) is 0. The number of rotatable bonds is 2. The minimum absolute atomic E-state index is 0.102. The fourth-order valence-electron chi connectivity index (χ4n) is 1.62. The highest BCUT2D eigenvalue weighted by Gasteiger charge is 2.25. The molecule has 0 atom stereocenters. The number of hydrogen-bond acceptors (Lipinski definition) is 3. The fraction of sp³-hybridized carbons (Fsp3) is 0.545. The first-order valence-electron chi connectivity index (χ1n) is 6.10. The summed E-state index contributed by atoms with van der Waals surface area (Å²) in [6.45, 7) is 13.0. The first kappa shape index (κ1) is 13.2. The molecule has 5 nitrogen and oxygen atoms in total. The standard InChI is InChI=1S/C11H20N4OSi2/c1-17(2,3)10-12-7-8(13-10)14-11(15-9(7)16)18(4,5)6/h1-6H3,(H2,12,13,14,15,16). The Hall–Kier alpha value is -1.22. The third kappa shape index (κ3) is 2.32. The van der Waals surface area contributed by atoms with Gasteiger partial charge in [-0.15, -0.1) is 0 Å². The van der Waals surface area contributed by atoms with Crippen LogP contribution in [0.1, 0.15) is 0 Å². The summed E-state index contributed by atoms with van der Waals surface area (Å²) in [7, 11) is -3.18. The zero-order valence-corrected chi connectivity index (χ0v) is 13.8. The summed E-state index contributed by atoms with van der Waals surface area (Å²) in [5, 5.41) is 0. The number of aromatic nitrogens is 4. The lowest BCUT2D eigenvalue weighted by Crippen LogP contribution is -2.45. The molecular weight excluding hydrogens is 260 g/mol. The molecule has 2 aromatic heterocycles. The molecule has 0 fully saturated rings. The quantitative estimate of drug-likeness (QED) is 0.797. The van der Waals surface area contributed by atoms with Crippen LogP contribution in [0.15, 0.2) is 4.79 Å². The van der Waals surface area contributed by atoms with Gasteiger partial charge < -0.3 is 9.97 Å². The molecule has 0 aliphatic rings. The van der Waals surface area contributed by atoms with E-state index in [4.69, 9.17) is 0 Å². The fourth-order valence-corrected chi connectivity index (χ4v) is 3.49. The number of aromatic amines is 2. The van der Waals surface area contributed by atoms with Crippen LogP contribution in [0.4, 0.5) is 0 Å². The van der Waals surface area contributed by atoms with Crippen LogP contribution >= 0.6 is 0 Å². The highest BCUT2D eigenvalue weighted by atomic mass is 28.3. The van der Waals surface area contributed by atoms with Gasteiger partial charge in [0, 0.05) is 0 Å². The van der Waals surface area contributed by atoms with E-state index in [0.29, 0.717) is 11.2 Å². The van der Waals surface area contributed by atoms with Crippen LogP contribution in [0.2, 0.25) is 39.3 Å². The summed E-state index contributed by atoms with van der Waals surface area (Å²) >= 11 is 0. The largest absolute Gasteiger partial charge is 0.340 e. The predicted octanol–water partition coefficient (Wildman–Crippen LogP) is 0.737. The summed E-state index contributed by atoms with van der Waals surface area (Å²) < 4.78 is 0. The van der Waals surface area contributed by atoms with Crippen LogP contribution in [0, 0.1) is 0 Å². The van der Waals surface area contributed by atoms with E-state index in [1.54, 1.807) is 0 Å². The van der Waals surface area contributed by atoms with Gasteiger partial charge in [-0.25, -0.2) is 9.97 Å². The van der Waals surface area contributed by atoms with Crippen molar-refractivity contribution < 1.29 is 0 Å². The van der Waals surface area contributed by atoms with Crippen molar-refractivity contribution in [3.05, 3.63) is 10.4 Å². The van der Waals surface area contributed by atoms with E-state index in [1.165, 1.54) is 0 Å². The second kappa shape index (κ2) is 3.89. The van der Waals surface area contributed by atoms with Crippen LogP contribution in [0.3, 0.4) is 0 Å². The van der Waals surface area contributed by atoms with Gasteiger partial charge in [0.2, 0.25) is 0 Å². The van der Waals surface area contributed by atoms with Gasteiger partial charge in [-0.2, -0.15) is 0 Å². The molecule has 7 heteroatoms. The maximum Gasteiger partial charge on any atom is 0.276 e. The second-order valence-corrected chi connectivity index (χ2v) is 16.6. The van der Waals surface area contributed by atoms with Crippen LogP contribution in [-0.2, 0) is 0 Å². The number of fused-ring (bicyclic) bond motifs is 1. The normalized spacial score (nSPS) is 13.2. The number of nitrogens with one attached hydrogen (secondary N) is 2. The molecule has 2 heterocycles. The molecule has 0 aliphatic heterocycles. The molecule has 98 valence electrons. The average Bonchev–Trinajstić information content (AvgIpc) is 2.59. The Morgan fingerprint density at radius 1 is 0.833 bits per heavy atom. The second-order valence-electron chi connectivity index (χ2n) is 6.70. The van der Waals surface area contributed by atoms with Crippen molar-refractivity contribution in [1.82, 2.24) is 19.9 Å². The Bertz CT molecular complexity index is 646. The molecule has 18 heavy (non-hydrogen) atoms. The van der Waals surface area contributed by atoms with Crippen LogP contribution in [0.5, 0.6) is 0 Å². The molecule has 0 amide bonds. The van der Waals surface area contributed by atoms with Crippen LogP contribution < -0.4 is 16.5 Å². The van der Waals surface area contributed by atoms with Crippen molar-refractivity contribution in [3.63, 3.8) is 0 Å². The molecule has 0 saturated heterocycles. The number of hydrogen-bond donors (Lipinski definition) is 2. The van der Waals surface area contributed by atoms with E-state index in [1.807, 2.05) is 0 Å². The molecule has 0 radical (unpaired) electrons. The number of imidazole rings is 1. The zero-order valence-electron chi connectivity index (χ0n) is 11.8.